The minimum atomic E-state index is -4.19. The molecule has 3 N–H and O–H groups in total. The van der Waals surface area contributed by atoms with Crippen molar-refractivity contribution in [2.45, 2.75) is 18.3 Å². The van der Waals surface area contributed by atoms with Gasteiger partial charge in [-0.25, -0.2) is 0 Å². The van der Waals surface area contributed by atoms with E-state index in [4.69, 9.17) is 19.3 Å². The van der Waals surface area contributed by atoms with E-state index >= 15 is 0 Å². The first kappa shape index (κ1) is 11.8. The Morgan fingerprint density at radius 2 is 2.21 bits per heavy atom. The van der Waals surface area contributed by atoms with Crippen LogP contribution in [-0.4, -0.2) is 46.9 Å². The summed E-state index contributed by atoms with van der Waals surface area (Å²) in [4.78, 5) is 17.1. The molecule has 1 aliphatic heterocycles. The lowest BCUT2D eigenvalue weighted by molar-refractivity contribution is 0.0140. The van der Waals surface area contributed by atoms with E-state index in [2.05, 4.69) is 0 Å². The van der Waals surface area contributed by atoms with Crippen LogP contribution in [0.2, 0.25) is 0 Å². The minimum Gasteiger partial charge on any atom is -0.387 e. The zero-order valence-electron chi connectivity index (χ0n) is 7.61. The van der Waals surface area contributed by atoms with Crippen molar-refractivity contribution in [2.24, 2.45) is 0 Å². The van der Waals surface area contributed by atoms with Gasteiger partial charge in [0.1, 0.15) is 18.3 Å². The third-order valence-corrected chi connectivity index (χ3v) is 2.50. The van der Waals surface area contributed by atoms with Gasteiger partial charge in [0.15, 0.2) is 0 Å². The van der Waals surface area contributed by atoms with Crippen LogP contribution in [0.5, 0.6) is 0 Å². The van der Waals surface area contributed by atoms with Crippen LogP contribution >= 0.6 is 7.60 Å². The second kappa shape index (κ2) is 4.53. The third-order valence-electron chi connectivity index (χ3n) is 1.94. The zero-order valence-corrected chi connectivity index (χ0v) is 8.50. The van der Waals surface area contributed by atoms with Crippen LogP contribution in [0.15, 0.2) is 11.9 Å². The van der Waals surface area contributed by atoms with Crippen molar-refractivity contribution in [3.05, 3.63) is 11.9 Å². The standard InChI is InChI=1S/C7H13O6P/c1-12-6-4-13-5(7(6)8)2-3-14(9,10)11/h2-3,5-8H,4H2,1H3,(H2,9,10,11)/b3-2+/t5-,6?,7+/m1/s1. The Labute approximate surface area is 81.3 Å². The van der Waals surface area contributed by atoms with Gasteiger partial charge in [0.2, 0.25) is 0 Å². The van der Waals surface area contributed by atoms with Crippen molar-refractivity contribution in [3.63, 3.8) is 0 Å². The summed E-state index contributed by atoms with van der Waals surface area (Å²) in [6.45, 7) is 0.216. The SMILES string of the molecule is COC1CO[C@H](/C=C/P(=O)(O)O)[C@@H]1O. The average molecular weight is 224 g/mol. The van der Waals surface area contributed by atoms with E-state index in [1.807, 2.05) is 0 Å². The van der Waals surface area contributed by atoms with Crippen LogP contribution in [0.3, 0.4) is 0 Å². The van der Waals surface area contributed by atoms with Gasteiger partial charge in [-0.1, -0.05) is 0 Å². The van der Waals surface area contributed by atoms with E-state index in [-0.39, 0.29) is 6.61 Å². The Morgan fingerprint density at radius 3 is 2.64 bits per heavy atom. The highest BCUT2D eigenvalue weighted by Gasteiger charge is 2.34. The number of hydrogen-bond acceptors (Lipinski definition) is 4. The fraction of sp³-hybridized carbons (Fsp3) is 0.714. The molecule has 1 unspecified atom stereocenters. The fourth-order valence-corrected chi connectivity index (χ4v) is 1.58. The number of aliphatic hydroxyl groups is 1. The van der Waals surface area contributed by atoms with Crippen molar-refractivity contribution in [3.8, 4) is 0 Å². The van der Waals surface area contributed by atoms with Crippen LogP contribution in [-0.2, 0) is 14.0 Å². The molecule has 7 heteroatoms. The summed E-state index contributed by atoms with van der Waals surface area (Å²) < 4.78 is 20.4. The molecule has 0 aliphatic carbocycles. The first-order chi connectivity index (χ1) is 6.44. The van der Waals surface area contributed by atoms with E-state index in [1.54, 1.807) is 0 Å². The second-order valence-corrected chi connectivity index (χ2v) is 4.47. The van der Waals surface area contributed by atoms with Crippen LogP contribution in [0.25, 0.3) is 0 Å². The van der Waals surface area contributed by atoms with Gasteiger partial charge < -0.3 is 24.4 Å². The summed E-state index contributed by atoms with van der Waals surface area (Å²) in [6, 6.07) is 0. The van der Waals surface area contributed by atoms with Gasteiger partial charge in [0.25, 0.3) is 0 Å². The maximum absolute atomic E-state index is 10.5. The van der Waals surface area contributed by atoms with Crippen molar-refractivity contribution >= 4 is 7.60 Å². The van der Waals surface area contributed by atoms with E-state index in [9.17, 15) is 9.67 Å². The fourth-order valence-electron chi connectivity index (χ4n) is 1.19. The van der Waals surface area contributed by atoms with E-state index < -0.39 is 25.9 Å². The van der Waals surface area contributed by atoms with Crippen molar-refractivity contribution in [2.75, 3.05) is 13.7 Å². The summed E-state index contributed by atoms with van der Waals surface area (Å²) in [5, 5.41) is 9.49. The molecular weight excluding hydrogens is 211 g/mol. The van der Waals surface area contributed by atoms with Crippen LogP contribution in [0.1, 0.15) is 0 Å². The number of methoxy groups -OCH3 is 1. The Kier molecular flexibility index (Phi) is 3.83. The predicted octanol–water partition coefficient (Wildman–Crippen LogP) is -0.548. The Hall–Kier alpha value is -0.230. The molecule has 0 saturated carbocycles. The van der Waals surface area contributed by atoms with Gasteiger partial charge in [0.05, 0.1) is 6.61 Å². The zero-order chi connectivity index (χ0) is 10.8. The number of rotatable bonds is 3. The van der Waals surface area contributed by atoms with Gasteiger partial charge in [-0.2, -0.15) is 0 Å². The highest BCUT2D eigenvalue weighted by Crippen LogP contribution is 2.36. The second-order valence-electron chi connectivity index (χ2n) is 2.99. The number of aliphatic hydroxyl groups excluding tert-OH is 1. The quantitative estimate of drug-likeness (QED) is 0.557. The van der Waals surface area contributed by atoms with Gasteiger partial charge in [-0.05, 0) is 6.08 Å². The Bertz CT molecular complexity index is 259. The molecule has 0 amide bonds. The normalized spacial score (nSPS) is 34.1. The topological polar surface area (TPSA) is 96.2 Å². The third kappa shape index (κ3) is 3.16. The summed E-state index contributed by atoms with van der Waals surface area (Å²) >= 11 is 0. The lowest BCUT2D eigenvalue weighted by atomic mass is 10.1. The largest absolute Gasteiger partial charge is 0.387 e. The molecule has 1 aliphatic rings. The van der Waals surface area contributed by atoms with Gasteiger partial charge in [-0.3, -0.25) is 4.57 Å². The number of hydrogen-bond donors (Lipinski definition) is 3. The minimum absolute atomic E-state index is 0.216. The van der Waals surface area contributed by atoms with Gasteiger partial charge in [-0.15, -0.1) is 0 Å². The predicted molar refractivity (Wildman–Crippen MR) is 47.7 cm³/mol. The molecular formula is C7H13O6P. The molecule has 82 valence electrons. The molecule has 1 fully saturated rings. The van der Waals surface area contributed by atoms with Crippen molar-refractivity contribution in [1.82, 2.24) is 0 Å². The smallest absolute Gasteiger partial charge is 0.348 e. The molecule has 6 nitrogen and oxygen atoms in total. The molecule has 0 spiro atoms. The summed E-state index contributed by atoms with van der Waals surface area (Å²) in [5.74, 6) is 0.721. The lowest BCUT2D eigenvalue weighted by Gasteiger charge is -2.12. The van der Waals surface area contributed by atoms with Crippen molar-refractivity contribution in [1.29, 1.82) is 0 Å². The molecule has 0 radical (unpaired) electrons. The average Bonchev–Trinajstić information content (AvgIpc) is 2.42. The van der Waals surface area contributed by atoms with E-state index in [1.165, 1.54) is 7.11 Å². The van der Waals surface area contributed by atoms with E-state index in [0.717, 1.165) is 11.9 Å². The summed E-state index contributed by atoms with van der Waals surface area (Å²) in [6.07, 6.45) is -0.887. The first-order valence-corrected chi connectivity index (χ1v) is 5.69. The Morgan fingerprint density at radius 1 is 1.57 bits per heavy atom. The monoisotopic (exact) mass is 224 g/mol. The van der Waals surface area contributed by atoms with Crippen molar-refractivity contribution < 1.29 is 28.9 Å². The number of ether oxygens (including phenoxy) is 2. The molecule has 1 saturated heterocycles. The molecule has 3 atom stereocenters. The summed E-state index contributed by atoms with van der Waals surface area (Å²) in [5.41, 5.74) is 0. The highest BCUT2D eigenvalue weighted by atomic mass is 31.2. The molecule has 14 heavy (non-hydrogen) atoms. The molecule has 0 aromatic carbocycles. The highest BCUT2D eigenvalue weighted by molar-refractivity contribution is 7.55. The van der Waals surface area contributed by atoms with Crippen LogP contribution in [0.4, 0.5) is 0 Å². The Balaban J connectivity index is 2.56. The molecule has 0 aromatic rings. The van der Waals surface area contributed by atoms with Gasteiger partial charge >= 0.3 is 7.60 Å². The molecule has 1 heterocycles. The lowest BCUT2D eigenvalue weighted by Crippen LogP contribution is -2.30. The maximum atomic E-state index is 10.5. The van der Waals surface area contributed by atoms with Crippen LogP contribution < -0.4 is 0 Å². The van der Waals surface area contributed by atoms with Crippen LogP contribution in [0, 0.1) is 0 Å². The molecule has 0 bridgehead atoms. The molecule has 1 rings (SSSR count). The van der Waals surface area contributed by atoms with Gasteiger partial charge in [0, 0.05) is 12.9 Å². The first-order valence-electron chi connectivity index (χ1n) is 4.01. The molecule has 0 aromatic heterocycles. The maximum Gasteiger partial charge on any atom is 0.348 e. The summed E-state index contributed by atoms with van der Waals surface area (Å²) in [7, 11) is -2.75. The van der Waals surface area contributed by atoms with E-state index in [0.29, 0.717) is 0 Å².